The van der Waals surface area contributed by atoms with Crippen LogP contribution in [0, 0.1) is 0 Å². The first-order valence-corrected chi connectivity index (χ1v) is 7.93. The fourth-order valence-corrected chi connectivity index (χ4v) is 2.51. The van der Waals surface area contributed by atoms with E-state index in [1.165, 1.54) is 12.3 Å². The second kappa shape index (κ2) is 6.63. The number of fused-ring (bicyclic) bond motifs is 1. The zero-order valence-corrected chi connectivity index (χ0v) is 14.1. The molecule has 0 bridgehead atoms. The number of H-pyrrole nitrogens is 1. The van der Waals surface area contributed by atoms with Gasteiger partial charge in [-0.3, -0.25) is 14.6 Å². The number of benzene rings is 1. The Morgan fingerprint density at radius 3 is 2.58 bits per heavy atom. The second-order valence-corrected chi connectivity index (χ2v) is 5.91. The number of carbonyl (C=O) groups is 2. The van der Waals surface area contributed by atoms with Gasteiger partial charge in [0.15, 0.2) is 5.75 Å². The number of aromatic amines is 1. The summed E-state index contributed by atoms with van der Waals surface area (Å²) in [6.07, 6.45) is 1.56. The highest BCUT2D eigenvalue weighted by molar-refractivity contribution is 6.31. The highest BCUT2D eigenvalue weighted by Gasteiger charge is 2.23. The van der Waals surface area contributed by atoms with Gasteiger partial charge < -0.3 is 9.72 Å². The van der Waals surface area contributed by atoms with Crippen molar-refractivity contribution in [3.63, 3.8) is 0 Å². The number of halogens is 2. The summed E-state index contributed by atoms with van der Waals surface area (Å²) in [6.45, 7) is 1.67. The molecule has 5 nitrogen and oxygen atoms in total. The minimum Gasteiger partial charge on any atom is -0.423 e. The van der Waals surface area contributed by atoms with E-state index in [2.05, 4.69) is 9.97 Å². The predicted octanol–water partition coefficient (Wildman–Crippen LogP) is 4.42. The van der Waals surface area contributed by atoms with Crippen LogP contribution in [0.2, 0.25) is 10.0 Å². The average Bonchev–Trinajstić information content (AvgIpc) is 2.92. The van der Waals surface area contributed by atoms with E-state index >= 15 is 0 Å². The van der Waals surface area contributed by atoms with Crippen LogP contribution in [-0.2, 0) is 4.79 Å². The molecule has 0 aliphatic rings. The smallest absolute Gasteiger partial charge is 0.310 e. The number of pyridine rings is 1. The first-order valence-electron chi connectivity index (χ1n) is 7.17. The summed E-state index contributed by atoms with van der Waals surface area (Å²) in [6, 6.07) is 8.11. The number of carbonyl (C=O) groups excluding carboxylic acids is 2. The van der Waals surface area contributed by atoms with Gasteiger partial charge in [-0.2, -0.15) is 0 Å². The lowest BCUT2D eigenvalue weighted by molar-refractivity contribution is -0.133. The Morgan fingerprint density at radius 1 is 1.17 bits per heavy atom. The van der Waals surface area contributed by atoms with E-state index < -0.39 is 11.8 Å². The Morgan fingerprint density at radius 2 is 1.92 bits per heavy atom. The van der Waals surface area contributed by atoms with Gasteiger partial charge >= 0.3 is 5.97 Å². The van der Waals surface area contributed by atoms with Crippen molar-refractivity contribution in [2.45, 2.75) is 13.3 Å². The number of nitrogens with zero attached hydrogens (tertiary/aromatic N) is 1. The van der Waals surface area contributed by atoms with Gasteiger partial charge in [0.25, 0.3) is 0 Å². The van der Waals surface area contributed by atoms with E-state index in [0.717, 1.165) is 0 Å². The number of hydrogen-bond acceptors (Lipinski definition) is 4. The summed E-state index contributed by atoms with van der Waals surface area (Å²) in [7, 11) is 0. The van der Waals surface area contributed by atoms with Crippen molar-refractivity contribution in [1.82, 2.24) is 9.97 Å². The molecular formula is C17H12Cl2N2O3. The number of hydrogen-bond donors (Lipinski definition) is 1. The van der Waals surface area contributed by atoms with Crippen molar-refractivity contribution in [1.29, 1.82) is 0 Å². The third kappa shape index (κ3) is 3.13. The van der Waals surface area contributed by atoms with Gasteiger partial charge in [-0.1, -0.05) is 30.1 Å². The fourth-order valence-electron chi connectivity index (χ4n) is 2.23. The van der Waals surface area contributed by atoms with Crippen LogP contribution in [0.1, 0.15) is 29.5 Å². The minimum absolute atomic E-state index is 0.142. The molecule has 0 unspecified atom stereocenters. The molecule has 0 saturated carbocycles. The number of esters is 1. The number of ketones is 1. The molecule has 0 aliphatic heterocycles. The summed E-state index contributed by atoms with van der Waals surface area (Å²) in [5.41, 5.74) is 0.963. The number of ether oxygens (including phenoxy) is 1. The highest BCUT2D eigenvalue weighted by atomic mass is 35.5. The van der Waals surface area contributed by atoms with E-state index in [4.69, 9.17) is 27.9 Å². The number of aromatic nitrogens is 2. The topological polar surface area (TPSA) is 72.1 Å². The van der Waals surface area contributed by atoms with E-state index in [1.54, 1.807) is 31.2 Å². The Hall–Kier alpha value is -2.37. The maximum atomic E-state index is 12.7. The molecule has 0 amide bonds. The van der Waals surface area contributed by atoms with E-state index in [0.29, 0.717) is 20.9 Å². The molecule has 7 heteroatoms. The lowest BCUT2D eigenvalue weighted by Gasteiger charge is -2.05. The molecule has 1 aromatic carbocycles. The average molecular weight is 363 g/mol. The summed E-state index contributed by atoms with van der Waals surface area (Å²) >= 11 is 11.8. The SMILES string of the molecule is CCC(=O)Oc1c(C(=O)c2ccc(Cl)cn2)[nH]c2ccc(Cl)cc12. The van der Waals surface area contributed by atoms with Gasteiger partial charge in [-0.15, -0.1) is 0 Å². The van der Waals surface area contributed by atoms with E-state index in [9.17, 15) is 9.59 Å². The lowest BCUT2D eigenvalue weighted by atomic mass is 10.1. The van der Waals surface area contributed by atoms with Crippen molar-refractivity contribution in [3.05, 3.63) is 58.0 Å². The predicted molar refractivity (Wildman–Crippen MR) is 91.9 cm³/mol. The molecule has 3 rings (SSSR count). The molecule has 122 valence electrons. The molecular weight excluding hydrogens is 351 g/mol. The van der Waals surface area contributed by atoms with Gasteiger partial charge in [-0.05, 0) is 30.3 Å². The number of rotatable bonds is 4. The highest BCUT2D eigenvalue weighted by Crippen LogP contribution is 2.33. The van der Waals surface area contributed by atoms with Crippen LogP contribution in [0.25, 0.3) is 10.9 Å². The number of nitrogens with one attached hydrogen (secondary N) is 1. The summed E-state index contributed by atoms with van der Waals surface area (Å²) in [5.74, 6) is -0.701. The van der Waals surface area contributed by atoms with Gasteiger partial charge in [0, 0.05) is 28.5 Å². The van der Waals surface area contributed by atoms with Gasteiger partial charge in [0.05, 0.1) is 5.02 Å². The minimum atomic E-state index is -0.450. The molecule has 1 N–H and O–H groups in total. The van der Waals surface area contributed by atoms with Crippen LogP contribution in [-0.4, -0.2) is 21.7 Å². The van der Waals surface area contributed by atoms with Gasteiger partial charge in [0.1, 0.15) is 11.4 Å². The van der Waals surface area contributed by atoms with Crippen molar-refractivity contribution < 1.29 is 14.3 Å². The first kappa shape index (κ1) is 16.5. The largest absolute Gasteiger partial charge is 0.423 e. The molecule has 0 fully saturated rings. The van der Waals surface area contributed by atoms with Crippen molar-refractivity contribution >= 4 is 45.9 Å². The third-order valence-electron chi connectivity index (χ3n) is 3.40. The monoisotopic (exact) mass is 362 g/mol. The maximum Gasteiger partial charge on any atom is 0.310 e. The quantitative estimate of drug-likeness (QED) is 0.550. The Bertz CT molecular complexity index is 933. The molecule has 0 saturated heterocycles. The Balaban J connectivity index is 2.15. The summed E-state index contributed by atoms with van der Waals surface area (Å²) < 4.78 is 5.37. The van der Waals surface area contributed by atoms with Crippen LogP contribution in [0.5, 0.6) is 5.75 Å². The molecule has 3 aromatic rings. The molecule has 0 atom stereocenters. The molecule has 0 aliphatic carbocycles. The maximum absolute atomic E-state index is 12.7. The second-order valence-electron chi connectivity index (χ2n) is 5.04. The van der Waals surface area contributed by atoms with Crippen LogP contribution < -0.4 is 4.74 Å². The first-order chi connectivity index (χ1) is 11.5. The van der Waals surface area contributed by atoms with Gasteiger partial charge in [0.2, 0.25) is 5.78 Å². The normalized spacial score (nSPS) is 10.8. The summed E-state index contributed by atoms with van der Waals surface area (Å²) in [5, 5.41) is 1.45. The zero-order valence-electron chi connectivity index (χ0n) is 12.6. The molecule has 2 heterocycles. The van der Waals surface area contributed by atoms with E-state index in [1.807, 2.05) is 0 Å². The lowest BCUT2D eigenvalue weighted by Crippen LogP contribution is -2.11. The Labute approximate surface area is 147 Å². The van der Waals surface area contributed by atoms with Gasteiger partial charge in [-0.25, -0.2) is 0 Å². The Kier molecular flexibility index (Phi) is 4.55. The molecule has 2 aromatic heterocycles. The third-order valence-corrected chi connectivity index (χ3v) is 3.86. The van der Waals surface area contributed by atoms with E-state index in [-0.39, 0.29) is 23.6 Å². The van der Waals surface area contributed by atoms with Crippen LogP contribution in [0.15, 0.2) is 36.5 Å². The van der Waals surface area contributed by atoms with Crippen LogP contribution in [0.4, 0.5) is 0 Å². The van der Waals surface area contributed by atoms with Crippen LogP contribution in [0.3, 0.4) is 0 Å². The summed E-state index contributed by atoms with van der Waals surface area (Å²) in [4.78, 5) is 31.5. The van der Waals surface area contributed by atoms with Crippen LogP contribution >= 0.6 is 23.2 Å². The van der Waals surface area contributed by atoms with Crippen molar-refractivity contribution in [2.24, 2.45) is 0 Å². The van der Waals surface area contributed by atoms with Crippen molar-refractivity contribution in [2.75, 3.05) is 0 Å². The molecule has 0 spiro atoms. The zero-order chi connectivity index (χ0) is 17.3. The molecule has 24 heavy (non-hydrogen) atoms. The van der Waals surface area contributed by atoms with Crippen molar-refractivity contribution in [3.8, 4) is 5.75 Å². The molecule has 0 radical (unpaired) electrons. The fraction of sp³-hybridized carbons (Fsp3) is 0.118. The standard InChI is InChI=1S/C17H12Cl2N2O3/c1-2-14(22)24-17-11-7-9(18)3-5-12(11)21-15(17)16(23)13-6-4-10(19)8-20-13/h3-8,21H,2H2,1H3.